The number of benzene rings is 6. The van der Waals surface area contributed by atoms with E-state index in [0.717, 1.165) is 143 Å². The summed E-state index contributed by atoms with van der Waals surface area (Å²) in [5.41, 5.74) is 5.62. The smallest absolute Gasteiger partial charge is 0.494 e. The second kappa shape index (κ2) is 47.8. The fourth-order valence-electron chi connectivity index (χ4n) is 12.6. The SMILES string of the molecule is CCCCCCCC[Si](O)(O)OCC.CCCCCCCC[Si](O)(O)OCC.C[Si](C)(O)CCCO[C@@H]1CCCOc2ccc3cc(-c4ccccc4)c4c(c3c2)-c2c(c(-c3ccccc3)cc3ccc(cc23)OCCC[C@H]1OCCC[Si](C)(C)O)OCCOCCOCCOCCOCCO4. The Morgan fingerprint density at radius 1 is 0.373 bits per heavy atom. The molecule has 22 heteroatoms. The molecule has 2 heterocycles. The lowest BCUT2D eigenvalue weighted by molar-refractivity contribution is -0.0823. The Labute approximate surface area is 614 Å². The Balaban J connectivity index is 0.000000487. The van der Waals surface area contributed by atoms with Gasteiger partial charge in [0.25, 0.3) is 0 Å². The summed E-state index contributed by atoms with van der Waals surface area (Å²) >= 11 is 0. The van der Waals surface area contributed by atoms with E-state index in [0.29, 0.717) is 116 Å². The summed E-state index contributed by atoms with van der Waals surface area (Å²) in [4.78, 5) is 58.8. The van der Waals surface area contributed by atoms with Crippen molar-refractivity contribution in [3.05, 3.63) is 109 Å². The van der Waals surface area contributed by atoms with Gasteiger partial charge in [-0.1, -0.05) is 151 Å². The van der Waals surface area contributed by atoms with Crippen molar-refractivity contribution in [3.63, 3.8) is 0 Å². The minimum Gasteiger partial charge on any atom is -0.494 e. The van der Waals surface area contributed by atoms with Crippen molar-refractivity contribution < 1.29 is 85.0 Å². The zero-order chi connectivity index (χ0) is 73.3. The van der Waals surface area contributed by atoms with Crippen LogP contribution >= 0.6 is 0 Å². The highest BCUT2D eigenvalue weighted by molar-refractivity contribution is 6.70. The van der Waals surface area contributed by atoms with Crippen LogP contribution in [0.4, 0.5) is 0 Å². The first-order chi connectivity index (χ1) is 49.2. The fraction of sp³-hybridized carbons (Fsp3) is 0.600. The van der Waals surface area contributed by atoms with E-state index in [4.69, 9.17) is 56.2 Å². The van der Waals surface area contributed by atoms with Gasteiger partial charge in [0.05, 0.1) is 78.3 Å². The molecule has 2 aliphatic heterocycles. The Morgan fingerprint density at radius 2 is 0.725 bits per heavy atom. The van der Waals surface area contributed by atoms with Crippen LogP contribution in [0.25, 0.3) is 54.9 Å². The Morgan fingerprint density at radius 3 is 1.08 bits per heavy atom. The van der Waals surface area contributed by atoms with E-state index in [2.05, 4.69) is 111 Å². The topological polar surface area (TPSA) is 232 Å². The quantitative estimate of drug-likeness (QED) is 0.0182. The van der Waals surface area contributed by atoms with Gasteiger partial charge < -0.3 is 85.0 Å². The zero-order valence-electron chi connectivity index (χ0n) is 63.0. The van der Waals surface area contributed by atoms with Crippen LogP contribution in [0.3, 0.4) is 0 Å². The summed E-state index contributed by atoms with van der Waals surface area (Å²) in [6.07, 6.45) is 18.0. The molecule has 0 amide bonds. The van der Waals surface area contributed by atoms with Crippen molar-refractivity contribution in [1.29, 1.82) is 0 Å². The van der Waals surface area contributed by atoms with E-state index >= 15 is 0 Å². The molecule has 2 aliphatic rings. The molecule has 0 saturated heterocycles. The molecule has 0 aliphatic carbocycles. The van der Waals surface area contributed by atoms with Crippen molar-refractivity contribution in [2.75, 3.05) is 106 Å². The van der Waals surface area contributed by atoms with Gasteiger partial charge in [-0.15, -0.1) is 0 Å². The molecule has 0 spiro atoms. The number of unbranched alkanes of at least 4 members (excludes halogenated alkanes) is 10. The molecule has 6 N–H and O–H groups in total. The van der Waals surface area contributed by atoms with Gasteiger partial charge in [0, 0.05) is 60.8 Å². The van der Waals surface area contributed by atoms with Gasteiger partial charge in [0.1, 0.15) is 36.2 Å². The highest BCUT2D eigenvalue weighted by Crippen LogP contribution is 2.53. The predicted molar refractivity (Wildman–Crippen MR) is 419 cm³/mol. The van der Waals surface area contributed by atoms with Crippen LogP contribution in [0, 0.1) is 0 Å². The molecular formula is C80H126O18Si4. The first-order valence-corrected chi connectivity index (χ1v) is 48.6. The maximum atomic E-state index is 10.6. The minimum atomic E-state index is -3.27. The molecule has 0 saturated carbocycles. The van der Waals surface area contributed by atoms with Crippen LogP contribution in [0.5, 0.6) is 23.0 Å². The maximum Gasteiger partial charge on any atom is 0.495 e. The van der Waals surface area contributed by atoms with Gasteiger partial charge in [0.2, 0.25) is 0 Å². The van der Waals surface area contributed by atoms with Gasteiger partial charge in [-0.05, 0) is 173 Å². The molecule has 0 fully saturated rings. The third-order valence-corrected chi connectivity index (χ3v) is 24.5. The summed E-state index contributed by atoms with van der Waals surface area (Å²) in [5.74, 6) is 2.85. The monoisotopic (exact) mass is 1490 g/mol. The van der Waals surface area contributed by atoms with Crippen molar-refractivity contribution in [2.45, 2.75) is 206 Å². The summed E-state index contributed by atoms with van der Waals surface area (Å²) in [7, 11) is -11.0. The lowest BCUT2D eigenvalue weighted by Gasteiger charge is -2.29. The van der Waals surface area contributed by atoms with Gasteiger partial charge in [-0.2, -0.15) is 0 Å². The molecule has 18 nitrogen and oxygen atoms in total. The Hall–Kier alpha value is -4.65. The molecule has 0 aromatic heterocycles. The average Bonchev–Trinajstić information content (AvgIpc) is 0.728. The molecule has 6 aromatic rings. The van der Waals surface area contributed by atoms with E-state index in [9.17, 15) is 28.8 Å². The number of fused-ring (bicyclic) bond motifs is 2. The zero-order valence-corrected chi connectivity index (χ0v) is 67.0. The maximum absolute atomic E-state index is 10.6. The average molecular weight is 1490 g/mol. The van der Waals surface area contributed by atoms with Gasteiger partial charge in [-0.25, -0.2) is 0 Å². The van der Waals surface area contributed by atoms with Crippen LogP contribution in [0.1, 0.15) is 143 Å². The molecule has 4 bridgehead atoms. The van der Waals surface area contributed by atoms with E-state index in [1.165, 1.54) is 51.4 Å². The first kappa shape index (κ1) is 86.3. The molecule has 8 rings (SSSR count). The molecule has 102 heavy (non-hydrogen) atoms. The van der Waals surface area contributed by atoms with Gasteiger partial charge in [0.15, 0.2) is 16.6 Å². The van der Waals surface area contributed by atoms with Crippen molar-refractivity contribution in [3.8, 4) is 56.4 Å². The largest absolute Gasteiger partial charge is 0.495 e. The summed E-state index contributed by atoms with van der Waals surface area (Å²) in [6.45, 7) is 22.5. The normalized spacial score (nSPS) is 16.7. The van der Waals surface area contributed by atoms with Crippen LogP contribution < -0.4 is 18.9 Å². The lowest BCUT2D eigenvalue weighted by Crippen LogP contribution is -2.38. The van der Waals surface area contributed by atoms with E-state index in [1.807, 2.05) is 38.3 Å². The first-order valence-electron chi connectivity index (χ1n) is 38.3. The molecule has 0 radical (unpaired) electrons. The summed E-state index contributed by atoms with van der Waals surface area (Å²) in [6, 6.07) is 40.3. The second-order valence-electron chi connectivity index (χ2n) is 27.9. The van der Waals surface area contributed by atoms with Crippen LogP contribution in [-0.2, 0) is 37.3 Å². The van der Waals surface area contributed by atoms with Crippen LogP contribution in [0.15, 0.2) is 109 Å². The van der Waals surface area contributed by atoms with E-state index < -0.39 is 34.2 Å². The highest BCUT2D eigenvalue weighted by Gasteiger charge is 2.33. The summed E-state index contributed by atoms with van der Waals surface area (Å²) < 4.78 is 74.7. The molecular weight excluding hydrogens is 1360 g/mol. The van der Waals surface area contributed by atoms with Gasteiger partial charge >= 0.3 is 17.6 Å². The van der Waals surface area contributed by atoms with Crippen molar-refractivity contribution in [2.24, 2.45) is 0 Å². The standard InChI is InChI=1S/C60H78O12Si2.2C10H24O3Si/c1-73(2,61)39-13-27-69-55-19-11-25-67-49-23-21-47-41-53(45-15-7-5-8-16-45)59-57(51(47)43-49)58-52-44-50(68-26-12-20-56(55)70-28-14-40-74(3,4)62)24-22-48(52)42-54(46-17-9-6-10-18-46)60(58)72-38-36-66-34-32-64-30-29-63-31-33-65-35-37-71-59;2*1-3-5-6-7-8-9-10-14(11,12)13-4-2/h5-10,15-18,21-24,41-44,55-56,61-62H,11-14,19-20,25-40H2,1-4H3;2*11-12H,3-10H2,1-2H3/t55-,56-;;/m1../s1. The number of hydrogen-bond donors (Lipinski definition) is 6. The Bertz CT molecular complexity index is 3010. The van der Waals surface area contributed by atoms with E-state index in [1.54, 1.807) is 13.8 Å². The van der Waals surface area contributed by atoms with Crippen molar-refractivity contribution in [1.82, 2.24) is 0 Å². The number of hydrogen-bond acceptors (Lipinski definition) is 18. The van der Waals surface area contributed by atoms with Crippen LogP contribution in [-0.4, -0.2) is 181 Å². The molecule has 6 aromatic carbocycles. The van der Waals surface area contributed by atoms with Gasteiger partial charge in [-0.3, -0.25) is 0 Å². The predicted octanol–water partition coefficient (Wildman–Crippen LogP) is 16.7. The van der Waals surface area contributed by atoms with E-state index in [-0.39, 0.29) is 25.4 Å². The Kier molecular flexibility index (Phi) is 40.4. The minimum absolute atomic E-state index is 0.188. The number of rotatable bonds is 30. The lowest BCUT2D eigenvalue weighted by atomic mass is 9.86. The van der Waals surface area contributed by atoms with Crippen LogP contribution in [0.2, 0.25) is 50.4 Å². The second-order valence-corrected chi connectivity index (χ2v) is 40.7. The highest BCUT2D eigenvalue weighted by atomic mass is 28.4. The summed E-state index contributed by atoms with van der Waals surface area (Å²) in [5, 5.41) is 3.88. The molecule has 0 unspecified atom stereocenters. The molecule has 570 valence electrons. The third-order valence-electron chi connectivity index (χ3n) is 17.8. The number of ether oxygens (including phenoxy) is 10. The third kappa shape index (κ3) is 33.0. The fourth-order valence-corrected chi connectivity index (χ4v) is 17.2. The molecule has 2 atom stereocenters. The van der Waals surface area contributed by atoms with Crippen molar-refractivity contribution >= 4 is 55.8 Å².